The Morgan fingerprint density at radius 2 is 2.18 bits per heavy atom. The molecule has 2 aliphatic heterocycles. The fourth-order valence-corrected chi connectivity index (χ4v) is 5.91. The number of nitrogens with two attached hydrogens (primary N) is 1. The van der Waals surface area contributed by atoms with Crippen LogP contribution in [0.1, 0.15) is 6.23 Å². The van der Waals surface area contributed by atoms with E-state index < -0.39 is 32.4 Å². The molecular formula is C18H18N7O6PS. The zero-order valence-corrected chi connectivity index (χ0v) is 18.8. The Balaban J connectivity index is 1.46. The summed E-state index contributed by atoms with van der Waals surface area (Å²) in [5, 5.41) is 1.07. The van der Waals surface area contributed by atoms with Crippen molar-refractivity contribution in [2.24, 2.45) is 0 Å². The number of hydrogen-bond donors (Lipinski definition) is 3. The molecule has 4 N–H and O–H groups in total. The van der Waals surface area contributed by atoms with Gasteiger partial charge >= 0.3 is 7.82 Å². The van der Waals surface area contributed by atoms with Crippen molar-refractivity contribution < 1.29 is 28.0 Å². The molecule has 33 heavy (non-hydrogen) atoms. The Morgan fingerprint density at radius 1 is 1.33 bits per heavy atom. The smallest absolute Gasteiger partial charge is 0.382 e. The van der Waals surface area contributed by atoms with Gasteiger partial charge < -0.3 is 25.1 Å². The van der Waals surface area contributed by atoms with E-state index in [1.54, 1.807) is 4.57 Å². The number of imidazole rings is 2. The summed E-state index contributed by atoms with van der Waals surface area (Å²) in [6.45, 7) is -0.120. The Hall–Kier alpha value is -2.58. The van der Waals surface area contributed by atoms with E-state index in [2.05, 4.69) is 24.9 Å². The first-order valence-corrected chi connectivity index (χ1v) is 12.2. The number of nitrogen functional groups attached to an aromatic ring is 1. The van der Waals surface area contributed by atoms with Gasteiger partial charge in [0, 0.05) is 7.11 Å². The van der Waals surface area contributed by atoms with Gasteiger partial charge in [0.1, 0.15) is 24.6 Å². The zero-order valence-electron chi connectivity index (χ0n) is 17.1. The van der Waals surface area contributed by atoms with Gasteiger partial charge in [-0.25, -0.2) is 24.5 Å². The van der Waals surface area contributed by atoms with Crippen molar-refractivity contribution >= 4 is 47.6 Å². The van der Waals surface area contributed by atoms with E-state index in [-0.39, 0.29) is 12.4 Å². The molecule has 13 nitrogen and oxygen atoms in total. The van der Waals surface area contributed by atoms with E-state index >= 15 is 0 Å². The minimum atomic E-state index is -4.20. The summed E-state index contributed by atoms with van der Waals surface area (Å²) < 4.78 is 35.7. The lowest BCUT2D eigenvalue weighted by Gasteiger charge is -2.29. The molecule has 5 heterocycles. The third-order valence-electron chi connectivity index (χ3n) is 5.50. The fourth-order valence-electron chi connectivity index (χ4n) is 4.05. The Bertz CT molecular complexity index is 1380. The van der Waals surface area contributed by atoms with Gasteiger partial charge in [0.05, 0.1) is 17.6 Å². The molecule has 3 aromatic heterocycles. The first-order chi connectivity index (χ1) is 15.9. The second-order valence-electron chi connectivity index (χ2n) is 7.46. The topological polar surface area (TPSA) is 173 Å². The predicted octanol–water partition coefficient (Wildman–Crippen LogP) is 1.86. The Morgan fingerprint density at radius 3 is 3.00 bits per heavy atom. The summed E-state index contributed by atoms with van der Waals surface area (Å²) in [4.78, 5) is 30.7. The van der Waals surface area contributed by atoms with Gasteiger partial charge in [-0.05, 0) is 23.9 Å². The number of phosphoric ester groups is 1. The molecule has 1 unspecified atom stereocenters. The standard InChI is InChI=1S/C18H18N7O6PS/c1-28-13-12-10(6-29-32(26,27)31-12)30-16(13)25-15-11(14(19)20-7-21-15)24-18(25)33-17-22-8-4-2-3-5-9(8)23-17/h2-5,7,10,12-13,16H,6H2,1H3,(H,22,23)(H,26,27)(H2,19,20,21)/t10-,12-,13-,16-/m1/s1. The molecule has 5 atom stereocenters. The third kappa shape index (κ3) is 3.51. The molecule has 0 bridgehead atoms. The van der Waals surface area contributed by atoms with Gasteiger partial charge in [0.2, 0.25) is 0 Å². The zero-order chi connectivity index (χ0) is 22.7. The number of H-pyrrole nitrogens is 1. The summed E-state index contributed by atoms with van der Waals surface area (Å²) in [6, 6.07) is 7.65. The van der Waals surface area contributed by atoms with Crippen LogP contribution in [0.5, 0.6) is 0 Å². The quantitative estimate of drug-likeness (QED) is 0.354. The summed E-state index contributed by atoms with van der Waals surface area (Å²) in [6.07, 6.45) is -1.67. The van der Waals surface area contributed by atoms with Crippen LogP contribution in [0.15, 0.2) is 40.9 Å². The largest absolute Gasteiger partial charge is 0.472 e. The average Bonchev–Trinajstić information content (AvgIpc) is 3.45. The number of nitrogens with one attached hydrogen (secondary N) is 1. The van der Waals surface area contributed by atoms with E-state index in [0.29, 0.717) is 21.5 Å². The molecule has 6 rings (SSSR count). The molecule has 172 valence electrons. The van der Waals surface area contributed by atoms with E-state index in [0.717, 1.165) is 11.0 Å². The van der Waals surface area contributed by atoms with Crippen molar-refractivity contribution in [3.63, 3.8) is 0 Å². The van der Waals surface area contributed by atoms with Crippen LogP contribution < -0.4 is 5.73 Å². The van der Waals surface area contributed by atoms with Crippen molar-refractivity contribution in [3.05, 3.63) is 30.6 Å². The van der Waals surface area contributed by atoms with Crippen LogP contribution in [0.2, 0.25) is 0 Å². The highest BCUT2D eigenvalue weighted by Gasteiger charge is 2.54. The molecule has 2 saturated heterocycles. The van der Waals surface area contributed by atoms with Crippen LogP contribution in [-0.2, 0) is 23.1 Å². The van der Waals surface area contributed by atoms with Gasteiger partial charge in [-0.15, -0.1) is 0 Å². The van der Waals surface area contributed by atoms with Crippen molar-refractivity contribution in [3.8, 4) is 0 Å². The average molecular weight is 491 g/mol. The number of nitrogens with zero attached hydrogens (tertiary/aromatic N) is 5. The molecule has 0 spiro atoms. The normalized spacial score (nSPS) is 29.6. The highest BCUT2D eigenvalue weighted by Crippen LogP contribution is 2.53. The molecule has 0 saturated carbocycles. The number of para-hydroxylation sites is 2. The van der Waals surface area contributed by atoms with E-state index in [1.165, 1.54) is 25.2 Å². The number of benzene rings is 1. The number of methoxy groups -OCH3 is 1. The van der Waals surface area contributed by atoms with Crippen LogP contribution in [0.4, 0.5) is 5.82 Å². The second kappa shape index (κ2) is 7.74. The second-order valence-corrected chi connectivity index (χ2v) is 9.82. The van der Waals surface area contributed by atoms with Gasteiger partial charge in [-0.1, -0.05) is 12.1 Å². The minimum absolute atomic E-state index is 0.120. The summed E-state index contributed by atoms with van der Waals surface area (Å²) in [5.74, 6) is 0.203. The highest BCUT2D eigenvalue weighted by molar-refractivity contribution is 7.99. The molecule has 15 heteroatoms. The number of fused-ring (bicyclic) bond motifs is 3. The molecule has 0 aliphatic carbocycles. The van der Waals surface area contributed by atoms with Gasteiger partial charge in [-0.2, -0.15) is 0 Å². The third-order valence-corrected chi connectivity index (χ3v) is 7.34. The van der Waals surface area contributed by atoms with E-state index in [9.17, 15) is 9.46 Å². The summed E-state index contributed by atoms with van der Waals surface area (Å²) in [7, 11) is -2.73. The van der Waals surface area contributed by atoms with Crippen LogP contribution in [0.25, 0.3) is 22.2 Å². The molecule has 1 aromatic carbocycles. The van der Waals surface area contributed by atoms with Crippen LogP contribution in [0, 0.1) is 0 Å². The molecule has 0 amide bonds. The maximum atomic E-state index is 12.0. The minimum Gasteiger partial charge on any atom is -0.382 e. The number of aromatic amines is 1. The lowest BCUT2D eigenvalue weighted by atomic mass is 10.1. The number of anilines is 1. The monoisotopic (exact) mass is 491 g/mol. The molecule has 4 aromatic rings. The number of phosphoric acid groups is 1. The van der Waals surface area contributed by atoms with Crippen molar-refractivity contribution in [1.29, 1.82) is 0 Å². The number of aromatic nitrogens is 6. The van der Waals surface area contributed by atoms with Crippen LogP contribution >= 0.6 is 19.6 Å². The lowest BCUT2D eigenvalue weighted by molar-refractivity contribution is -0.0690. The van der Waals surface area contributed by atoms with Gasteiger partial charge in [-0.3, -0.25) is 13.6 Å². The molecule has 2 fully saturated rings. The predicted molar refractivity (Wildman–Crippen MR) is 115 cm³/mol. The fraction of sp³-hybridized carbons (Fsp3) is 0.333. The summed E-state index contributed by atoms with van der Waals surface area (Å²) in [5.41, 5.74) is 8.55. The Kier molecular flexibility index (Phi) is 4.92. The summed E-state index contributed by atoms with van der Waals surface area (Å²) >= 11 is 1.26. The number of rotatable bonds is 4. The number of hydrogen-bond acceptors (Lipinski definition) is 11. The van der Waals surface area contributed by atoms with Crippen LogP contribution in [0.3, 0.4) is 0 Å². The van der Waals surface area contributed by atoms with Crippen molar-refractivity contribution in [1.82, 2.24) is 29.5 Å². The maximum absolute atomic E-state index is 12.0. The van der Waals surface area contributed by atoms with Gasteiger partial charge in [0.25, 0.3) is 0 Å². The Labute approximate surface area is 190 Å². The van der Waals surface area contributed by atoms with Crippen molar-refractivity contribution in [2.75, 3.05) is 19.5 Å². The first-order valence-electron chi connectivity index (χ1n) is 9.88. The SMILES string of the molecule is CO[C@@H]1[C@@H]2OP(=O)(O)OC[C@H]2O[C@H]1n1c(Sc2nc3ccccc3[nH]2)nc2c(N)ncnc21. The molecular weight excluding hydrogens is 473 g/mol. The maximum Gasteiger partial charge on any atom is 0.472 e. The highest BCUT2D eigenvalue weighted by atomic mass is 32.2. The van der Waals surface area contributed by atoms with Crippen molar-refractivity contribution in [2.45, 2.75) is 34.9 Å². The lowest BCUT2D eigenvalue weighted by Crippen LogP contribution is -2.40. The van der Waals surface area contributed by atoms with Gasteiger partial charge in [0.15, 0.2) is 33.5 Å². The van der Waals surface area contributed by atoms with Crippen LogP contribution in [-0.4, -0.2) is 66.4 Å². The molecule has 0 radical (unpaired) electrons. The van der Waals surface area contributed by atoms with E-state index in [4.69, 9.17) is 24.3 Å². The number of ether oxygens (including phenoxy) is 2. The first kappa shape index (κ1) is 21.0. The molecule has 2 aliphatic rings. The van der Waals surface area contributed by atoms with E-state index in [1.807, 2.05) is 24.3 Å².